The molecule has 0 aromatic rings. The number of nitrogens with zero attached hydrogens (tertiary/aromatic N) is 2. The van der Waals surface area contributed by atoms with Crippen molar-refractivity contribution in [3.8, 4) is 0 Å². The van der Waals surface area contributed by atoms with Crippen LogP contribution in [0.25, 0.3) is 0 Å². The first kappa shape index (κ1) is 10.9. The highest BCUT2D eigenvalue weighted by Gasteiger charge is 2.45. The van der Waals surface area contributed by atoms with Crippen LogP contribution in [-0.4, -0.2) is 60.1 Å². The molecule has 2 fully saturated rings. The molecular weight excluding hydrogens is 192 g/mol. The van der Waals surface area contributed by atoms with Crippen molar-refractivity contribution in [3.63, 3.8) is 0 Å². The number of hydrogen-bond donors (Lipinski definition) is 1. The molecule has 0 aliphatic carbocycles. The maximum atomic E-state index is 10.9. The first-order chi connectivity index (χ1) is 7.01. The number of carboxylic acid groups (broad SMARTS) is 1. The van der Waals surface area contributed by atoms with Gasteiger partial charge < -0.3 is 10.0 Å². The number of hydrogen-bond acceptors (Lipinski definition) is 3. The Hall–Kier alpha value is -0.610. The van der Waals surface area contributed by atoms with E-state index in [1.807, 2.05) is 6.92 Å². The largest absolute Gasteiger partial charge is 0.481 e. The quantitative estimate of drug-likeness (QED) is 0.739. The monoisotopic (exact) mass is 212 g/mol. The molecule has 0 aromatic carbocycles. The lowest BCUT2D eigenvalue weighted by atomic mass is 9.82. The lowest BCUT2D eigenvalue weighted by Gasteiger charge is -2.46. The van der Waals surface area contributed by atoms with E-state index in [1.54, 1.807) is 0 Å². The number of aliphatic carboxylic acids is 1. The van der Waals surface area contributed by atoms with Crippen LogP contribution in [0.5, 0.6) is 0 Å². The van der Waals surface area contributed by atoms with Gasteiger partial charge in [-0.05, 0) is 33.4 Å². The van der Waals surface area contributed by atoms with Crippen molar-refractivity contribution in [2.45, 2.75) is 25.8 Å². The minimum atomic E-state index is -0.654. The third-order valence-electron chi connectivity index (χ3n) is 3.80. The molecule has 1 atom stereocenters. The Morgan fingerprint density at radius 2 is 2.20 bits per heavy atom. The van der Waals surface area contributed by atoms with Crippen LogP contribution in [0.4, 0.5) is 0 Å². The molecule has 4 heteroatoms. The Labute approximate surface area is 90.9 Å². The fourth-order valence-corrected chi connectivity index (χ4v) is 2.71. The van der Waals surface area contributed by atoms with Gasteiger partial charge in [0.1, 0.15) is 0 Å². The van der Waals surface area contributed by atoms with Gasteiger partial charge in [0.15, 0.2) is 0 Å². The molecule has 2 heterocycles. The Morgan fingerprint density at radius 1 is 1.53 bits per heavy atom. The molecule has 2 aliphatic heterocycles. The summed E-state index contributed by atoms with van der Waals surface area (Å²) in [7, 11) is 2.16. The summed E-state index contributed by atoms with van der Waals surface area (Å²) in [6.07, 6.45) is 2.54. The van der Waals surface area contributed by atoms with Gasteiger partial charge in [0.2, 0.25) is 0 Å². The standard InChI is InChI=1S/C11H20N2O2/c1-11(10(14)15)7-13(8-11)6-9-4-3-5-12(9)2/h9H,3-8H2,1-2H3,(H,14,15). The van der Waals surface area contributed by atoms with Crippen LogP contribution >= 0.6 is 0 Å². The number of carboxylic acids is 1. The molecule has 0 spiro atoms. The minimum Gasteiger partial charge on any atom is -0.481 e. The van der Waals surface area contributed by atoms with Gasteiger partial charge in [0.05, 0.1) is 5.41 Å². The summed E-state index contributed by atoms with van der Waals surface area (Å²) < 4.78 is 0. The van der Waals surface area contributed by atoms with Crippen molar-refractivity contribution in [3.05, 3.63) is 0 Å². The average molecular weight is 212 g/mol. The Morgan fingerprint density at radius 3 is 2.67 bits per heavy atom. The first-order valence-electron chi connectivity index (χ1n) is 5.67. The van der Waals surface area contributed by atoms with Crippen molar-refractivity contribution in [1.82, 2.24) is 9.80 Å². The highest BCUT2D eigenvalue weighted by atomic mass is 16.4. The Bertz CT molecular complexity index is 261. The van der Waals surface area contributed by atoms with E-state index >= 15 is 0 Å². The van der Waals surface area contributed by atoms with E-state index in [9.17, 15) is 4.79 Å². The summed E-state index contributed by atoms with van der Waals surface area (Å²) in [4.78, 5) is 15.6. The third-order valence-corrected chi connectivity index (χ3v) is 3.80. The van der Waals surface area contributed by atoms with E-state index in [0.717, 1.165) is 6.54 Å². The maximum Gasteiger partial charge on any atom is 0.311 e. The van der Waals surface area contributed by atoms with Crippen molar-refractivity contribution in [2.75, 3.05) is 33.2 Å². The third kappa shape index (κ3) is 2.01. The van der Waals surface area contributed by atoms with Crippen LogP contribution < -0.4 is 0 Å². The van der Waals surface area contributed by atoms with Crippen molar-refractivity contribution in [1.29, 1.82) is 0 Å². The summed E-state index contributed by atoms with van der Waals surface area (Å²) in [5.74, 6) is -0.654. The van der Waals surface area contributed by atoms with Crippen LogP contribution in [0, 0.1) is 5.41 Å². The molecule has 0 saturated carbocycles. The zero-order valence-corrected chi connectivity index (χ0v) is 9.57. The molecular formula is C11H20N2O2. The second-order valence-electron chi connectivity index (χ2n) is 5.31. The van der Waals surface area contributed by atoms with E-state index in [-0.39, 0.29) is 0 Å². The number of likely N-dealkylation sites (tertiary alicyclic amines) is 2. The zero-order chi connectivity index (χ0) is 11.1. The van der Waals surface area contributed by atoms with Crippen LogP contribution in [0.2, 0.25) is 0 Å². The van der Waals surface area contributed by atoms with Crippen LogP contribution in [0.3, 0.4) is 0 Å². The first-order valence-corrected chi connectivity index (χ1v) is 5.67. The molecule has 0 aromatic heterocycles. The van der Waals surface area contributed by atoms with Gasteiger partial charge in [-0.25, -0.2) is 0 Å². The lowest BCUT2D eigenvalue weighted by Crippen LogP contribution is -2.60. The van der Waals surface area contributed by atoms with Crippen molar-refractivity contribution < 1.29 is 9.90 Å². The van der Waals surface area contributed by atoms with Gasteiger partial charge in [0.25, 0.3) is 0 Å². The SMILES string of the molecule is CN1CCCC1CN1CC(C)(C(=O)O)C1. The Balaban J connectivity index is 1.78. The highest BCUT2D eigenvalue weighted by Crippen LogP contribution is 2.31. The second kappa shape index (κ2) is 3.76. The molecule has 2 rings (SSSR count). The molecule has 0 amide bonds. The van der Waals surface area contributed by atoms with Gasteiger partial charge in [0, 0.05) is 25.7 Å². The molecule has 0 radical (unpaired) electrons. The smallest absolute Gasteiger partial charge is 0.311 e. The average Bonchev–Trinajstić information content (AvgIpc) is 2.48. The normalized spacial score (nSPS) is 31.5. The van der Waals surface area contributed by atoms with Crippen LogP contribution in [0.15, 0.2) is 0 Å². The molecule has 2 saturated heterocycles. The highest BCUT2D eigenvalue weighted by molar-refractivity contribution is 5.76. The van der Waals surface area contributed by atoms with Crippen molar-refractivity contribution >= 4 is 5.97 Å². The fraction of sp³-hybridized carbons (Fsp3) is 0.909. The molecule has 1 unspecified atom stereocenters. The van der Waals surface area contributed by atoms with E-state index in [1.165, 1.54) is 19.4 Å². The topological polar surface area (TPSA) is 43.8 Å². The predicted octanol–water partition coefficient (Wildman–Crippen LogP) is 0.487. The number of likely N-dealkylation sites (N-methyl/N-ethyl adjacent to an activating group) is 1. The molecule has 15 heavy (non-hydrogen) atoms. The van der Waals surface area contributed by atoms with E-state index in [4.69, 9.17) is 5.11 Å². The molecule has 2 aliphatic rings. The van der Waals surface area contributed by atoms with E-state index < -0.39 is 11.4 Å². The number of rotatable bonds is 3. The number of carbonyl (C=O) groups is 1. The fourth-order valence-electron chi connectivity index (χ4n) is 2.71. The van der Waals surface area contributed by atoms with Gasteiger partial charge in [-0.2, -0.15) is 0 Å². The summed E-state index contributed by atoms with van der Waals surface area (Å²) in [5, 5.41) is 8.99. The molecule has 4 nitrogen and oxygen atoms in total. The van der Waals surface area contributed by atoms with E-state index in [2.05, 4.69) is 16.8 Å². The summed E-state index contributed by atoms with van der Waals surface area (Å²) in [5.41, 5.74) is -0.489. The van der Waals surface area contributed by atoms with Crippen LogP contribution in [0.1, 0.15) is 19.8 Å². The van der Waals surface area contributed by atoms with E-state index in [0.29, 0.717) is 19.1 Å². The summed E-state index contributed by atoms with van der Waals surface area (Å²) >= 11 is 0. The van der Waals surface area contributed by atoms with Gasteiger partial charge in [-0.3, -0.25) is 9.69 Å². The minimum absolute atomic E-state index is 0.489. The van der Waals surface area contributed by atoms with Crippen LogP contribution in [-0.2, 0) is 4.79 Å². The summed E-state index contributed by atoms with van der Waals surface area (Å²) in [6, 6.07) is 0.642. The molecule has 1 N–H and O–H groups in total. The Kier molecular flexibility index (Phi) is 2.73. The maximum absolute atomic E-state index is 10.9. The molecule has 0 bridgehead atoms. The van der Waals surface area contributed by atoms with Gasteiger partial charge >= 0.3 is 5.97 Å². The predicted molar refractivity (Wildman–Crippen MR) is 57.8 cm³/mol. The van der Waals surface area contributed by atoms with Gasteiger partial charge in [-0.15, -0.1) is 0 Å². The molecule has 86 valence electrons. The van der Waals surface area contributed by atoms with Crippen molar-refractivity contribution in [2.24, 2.45) is 5.41 Å². The zero-order valence-electron chi connectivity index (χ0n) is 9.57. The van der Waals surface area contributed by atoms with Gasteiger partial charge in [-0.1, -0.05) is 0 Å². The second-order valence-corrected chi connectivity index (χ2v) is 5.31. The lowest BCUT2D eigenvalue weighted by molar-refractivity contribution is -0.158. The summed E-state index contributed by atoms with van der Waals surface area (Å²) in [6.45, 7) is 5.50.